The molecule has 2 aromatic heterocycles. The zero-order chi connectivity index (χ0) is 14.0. The second-order valence-electron chi connectivity index (χ2n) is 5.75. The Morgan fingerprint density at radius 2 is 2.11 bits per heavy atom. The highest BCUT2D eigenvalue weighted by Crippen LogP contribution is 2.21. The van der Waals surface area contributed by atoms with Crippen molar-refractivity contribution < 1.29 is 4.74 Å². The molecule has 2 rings (SSSR count). The highest BCUT2D eigenvalue weighted by atomic mass is 35.5. The molecule has 7 heteroatoms. The van der Waals surface area contributed by atoms with Crippen molar-refractivity contribution in [3.05, 3.63) is 17.5 Å². The van der Waals surface area contributed by atoms with Crippen LogP contribution in [-0.2, 0) is 11.5 Å². The van der Waals surface area contributed by atoms with Crippen molar-refractivity contribution in [1.29, 1.82) is 0 Å². The Morgan fingerprint density at radius 3 is 2.79 bits per heavy atom. The Balaban J connectivity index is 2.06. The third-order valence-corrected chi connectivity index (χ3v) is 4.71. The Bertz CT molecular complexity index is 579. The maximum Gasteiger partial charge on any atom is 0.225 e. The molecule has 0 bridgehead atoms. The van der Waals surface area contributed by atoms with Gasteiger partial charge in [-0.2, -0.15) is 4.98 Å². The van der Waals surface area contributed by atoms with Gasteiger partial charge in [0.05, 0.1) is 5.52 Å². The van der Waals surface area contributed by atoms with Gasteiger partial charge in [0.2, 0.25) is 5.28 Å². The molecule has 0 aromatic carbocycles. The number of ether oxygens (including phenoxy) is 1. The van der Waals surface area contributed by atoms with Crippen LogP contribution in [0.1, 0.15) is 0 Å². The molecule has 0 radical (unpaired) electrons. The summed E-state index contributed by atoms with van der Waals surface area (Å²) in [6.07, 6.45) is 1.89. The Kier molecular flexibility index (Phi) is 4.12. The van der Waals surface area contributed by atoms with Gasteiger partial charge in [0.25, 0.3) is 0 Å². The molecular formula is C12H19ClN4OSi. The number of fused-ring (bicyclic) bond motifs is 1. The summed E-state index contributed by atoms with van der Waals surface area (Å²) in [5, 5.41) is 0.169. The molecule has 0 aliphatic rings. The van der Waals surface area contributed by atoms with Crippen LogP contribution in [0.2, 0.25) is 31.0 Å². The number of halogens is 1. The molecule has 104 valence electrons. The van der Waals surface area contributed by atoms with E-state index in [1.807, 2.05) is 16.8 Å². The van der Waals surface area contributed by atoms with Crippen molar-refractivity contribution in [2.24, 2.45) is 0 Å². The van der Waals surface area contributed by atoms with Crippen LogP contribution in [0.25, 0.3) is 11.0 Å². The van der Waals surface area contributed by atoms with E-state index in [0.717, 1.165) is 23.7 Å². The van der Waals surface area contributed by atoms with Gasteiger partial charge in [-0.05, 0) is 23.7 Å². The second-order valence-corrected chi connectivity index (χ2v) is 11.7. The van der Waals surface area contributed by atoms with E-state index >= 15 is 0 Å². The summed E-state index contributed by atoms with van der Waals surface area (Å²) in [4.78, 5) is 8.09. The van der Waals surface area contributed by atoms with Gasteiger partial charge in [-0.1, -0.05) is 19.6 Å². The van der Waals surface area contributed by atoms with E-state index in [0.29, 0.717) is 12.5 Å². The summed E-state index contributed by atoms with van der Waals surface area (Å²) in [5.74, 6) is 0.383. The molecule has 0 amide bonds. The Morgan fingerprint density at radius 1 is 1.37 bits per heavy atom. The lowest BCUT2D eigenvalue weighted by Gasteiger charge is -2.15. The molecule has 2 heterocycles. The summed E-state index contributed by atoms with van der Waals surface area (Å²) in [5.41, 5.74) is 7.39. The van der Waals surface area contributed by atoms with Gasteiger partial charge in [-0.15, -0.1) is 0 Å². The second kappa shape index (κ2) is 5.48. The molecule has 0 saturated heterocycles. The number of anilines is 1. The molecule has 5 nitrogen and oxygen atoms in total. The highest BCUT2D eigenvalue weighted by Gasteiger charge is 2.13. The van der Waals surface area contributed by atoms with Crippen molar-refractivity contribution in [3.8, 4) is 0 Å². The summed E-state index contributed by atoms with van der Waals surface area (Å²) in [7, 11) is -1.05. The molecule has 0 saturated carbocycles. The predicted octanol–water partition coefficient (Wildman–Crippen LogP) is 2.98. The molecule has 0 aliphatic carbocycles. The maximum atomic E-state index is 5.87. The van der Waals surface area contributed by atoms with Crippen LogP contribution >= 0.6 is 11.6 Å². The van der Waals surface area contributed by atoms with E-state index in [9.17, 15) is 0 Å². The number of nitrogen functional groups attached to an aromatic ring is 1. The molecule has 2 N–H and O–H groups in total. The fourth-order valence-corrected chi connectivity index (χ4v) is 2.69. The van der Waals surface area contributed by atoms with E-state index in [-0.39, 0.29) is 5.28 Å². The van der Waals surface area contributed by atoms with Crippen LogP contribution in [0.15, 0.2) is 12.3 Å². The molecule has 2 aromatic rings. The van der Waals surface area contributed by atoms with Crippen LogP contribution < -0.4 is 5.73 Å². The van der Waals surface area contributed by atoms with Crippen molar-refractivity contribution in [2.45, 2.75) is 32.4 Å². The number of hydrogen-bond acceptors (Lipinski definition) is 4. The highest BCUT2D eigenvalue weighted by molar-refractivity contribution is 6.76. The van der Waals surface area contributed by atoms with Gasteiger partial charge in [0, 0.05) is 20.9 Å². The topological polar surface area (TPSA) is 66.0 Å². The predicted molar refractivity (Wildman–Crippen MR) is 81.1 cm³/mol. The van der Waals surface area contributed by atoms with Gasteiger partial charge >= 0.3 is 0 Å². The number of nitrogens with zero attached hydrogens (tertiary/aromatic N) is 3. The van der Waals surface area contributed by atoms with Gasteiger partial charge in [0.15, 0.2) is 5.82 Å². The first-order chi connectivity index (χ1) is 8.87. The van der Waals surface area contributed by atoms with E-state index in [4.69, 9.17) is 22.1 Å². The lowest BCUT2D eigenvalue weighted by atomic mass is 10.4. The number of nitrogens with two attached hydrogens (primary N) is 1. The monoisotopic (exact) mass is 298 g/mol. The van der Waals surface area contributed by atoms with E-state index in [1.54, 1.807) is 0 Å². The quantitative estimate of drug-likeness (QED) is 0.523. The van der Waals surface area contributed by atoms with Gasteiger partial charge in [-0.3, -0.25) is 0 Å². The Hall–Kier alpha value is -1.11. The number of hydrogen-bond donors (Lipinski definition) is 1. The maximum absolute atomic E-state index is 5.87. The van der Waals surface area contributed by atoms with Gasteiger partial charge in [-0.25, -0.2) is 4.98 Å². The fraction of sp³-hybridized carbons (Fsp3) is 0.500. The average molecular weight is 299 g/mol. The molecule has 0 spiro atoms. The summed E-state index contributed by atoms with van der Waals surface area (Å²) in [6.45, 7) is 8.21. The normalized spacial score (nSPS) is 12.2. The van der Waals surface area contributed by atoms with E-state index < -0.39 is 8.07 Å². The SMILES string of the molecule is C[Si](C)(C)CCOCn1ccc2nc(Cl)nc(N)c21. The first-order valence-electron chi connectivity index (χ1n) is 6.22. The van der Waals surface area contributed by atoms with Crippen LogP contribution in [0.4, 0.5) is 5.82 Å². The van der Waals surface area contributed by atoms with Crippen LogP contribution in [0.5, 0.6) is 0 Å². The Labute approximate surface area is 118 Å². The number of aromatic nitrogens is 3. The number of rotatable bonds is 5. The third-order valence-electron chi connectivity index (χ3n) is 2.84. The minimum atomic E-state index is -1.05. The first kappa shape index (κ1) is 14.3. The largest absolute Gasteiger partial charge is 0.382 e. The van der Waals surface area contributed by atoms with Gasteiger partial charge in [0.1, 0.15) is 12.2 Å². The van der Waals surface area contributed by atoms with E-state index in [2.05, 4.69) is 29.6 Å². The minimum absolute atomic E-state index is 0.169. The van der Waals surface area contributed by atoms with Crippen molar-refractivity contribution >= 4 is 36.5 Å². The minimum Gasteiger partial charge on any atom is -0.382 e. The van der Waals surface area contributed by atoms with Gasteiger partial charge < -0.3 is 15.0 Å². The molecule has 0 unspecified atom stereocenters. The summed E-state index contributed by atoms with van der Waals surface area (Å²) < 4.78 is 7.61. The van der Waals surface area contributed by atoms with Crippen molar-refractivity contribution in [2.75, 3.05) is 12.3 Å². The average Bonchev–Trinajstić information content (AvgIpc) is 2.66. The lowest BCUT2D eigenvalue weighted by molar-refractivity contribution is 0.0903. The molecule has 0 fully saturated rings. The van der Waals surface area contributed by atoms with Crippen LogP contribution in [-0.4, -0.2) is 29.2 Å². The molecule has 0 aliphatic heterocycles. The van der Waals surface area contributed by atoms with Crippen molar-refractivity contribution in [1.82, 2.24) is 14.5 Å². The third kappa shape index (κ3) is 3.68. The summed E-state index contributed by atoms with van der Waals surface area (Å²) >= 11 is 5.77. The zero-order valence-corrected chi connectivity index (χ0v) is 13.2. The molecule has 19 heavy (non-hydrogen) atoms. The van der Waals surface area contributed by atoms with Crippen LogP contribution in [0.3, 0.4) is 0 Å². The standard InChI is InChI=1S/C12H19ClN4OSi/c1-19(2,3)7-6-18-8-17-5-4-9-10(17)11(14)16-12(13)15-9/h4-5H,6-8H2,1-3H3,(H2,14,15,16). The molecule has 0 atom stereocenters. The fourth-order valence-electron chi connectivity index (χ4n) is 1.76. The van der Waals surface area contributed by atoms with Crippen LogP contribution in [0, 0.1) is 0 Å². The summed E-state index contributed by atoms with van der Waals surface area (Å²) in [6, 6.07) is 3.01. The lowest BCUT2D eigenvalue weighted by Crippen LogP contribution is -2.22. The zero-order valence-electron chi connectivity index (χ0n) is 11.5. The first-order valence-corrected chi connectivity index (χ1v) is 10.3. The van der Waals surface area contributed by atoms with E-state index in [1.165, 1.54) is 0 Å². The smallest absolute Gasteiger partial charge is 0.225 e. The van der Waals surface area contributed by atoms with Crippen molar-refractivity contribution in [3.63, 3.8) is 0 Å². The molecular weight excluding hydrogens is 280 g/mol.